The van der Waals surface area contributed by atoms with Gasteiger partial charge >= 0.3 is 0 Å². The van der Waals surface area contributed by atoms with E-state index in [-0.39, 0.29) is 12.1 Å². The molecule has 0 saturated carbocycles. The van der Waals surface area contributed by atoms with Gasteiger partial charge in [-0.2, -0.15) is 0 Å². The Morgan fingerprint density at radius 1 is 1.21 bits per heavy atom. The summed E-state index contributed by atoms with van der Waals surface area (Å²) < 4.78 is 11.3. The van der Waals surface area contributed by atoms with Crippen molar-refractivity contribution >= 4 is 0 Å². The number of hydrogen-bond acceptors (Lipinski definition) is 3. The van der Waals surface area contributed by atoms with Crippen molar-refractivity contribution in [1.82, 2.24) is 5.32 Å². The topological polar surface area (TPSA) is 30.5 Å². The zero-order valence-corrected chi connectivity index (χ0v) is 12.6. The predicted molar refractivity (Wildman–Crippen MR) is 79.7 cm³/mol. The molecule has 0 bridgehead atoms. The Labute approximate surface area is 117 Å². The maximum absolute atomic E-state index is 5.75. The second-order valence-electron chi connectivity index (χ2n) is 4.89. The van der Waals surface area contributed by atoms with Crippen LogP contribution in [0.2, 0.25) is 0 Å². The zero-order chi connectivity index (χ0) is 14.1. The Balaban J connectivity index is 2.73. The van der Waals surface area contributed by atoms with Crippen LogP contribution in [0.4, 0.5) is 0 Å². The van der Waals surface area contributed by atoms with Crippen LogP contribution in [0.3, 0.4) is 0 Å². The lowest BCUT2D eigenvalue weighted by atomic mass is 10.1. The Kier molecular flexibility index (Phi) is 7.53. The van der Waals surface area contributed by atoms with Gasteiger partial charge in [0.1, 0.15) is 5.75 Å². The molecule has 1 aromatic rings. The average molecular weight is 265 g/mol. The van der Waals surface area contributed by atoms with Gasteiger partial charge in [-0.1, -0.05) is 19.1 Å². The summed E-state index contributed by atoms with van der Waals surface area (Å²) in [4.78, 5) is 0. The van der Waals surface area contributed by atoms with E-state index in [1.807, 2.05) is 19.1 Å². The number of ether oxygens (including phenoxy) is 2. The van der Waals surface area contributed by atoms with Crippen molar-refractivity contribution < 1.29 is 9.47 Å². The lowest BCUT2D eigenvalue weighted by molar-refractivity contribution is 0.0611. The molecule has 1 rings (SSSR count). The highest BCUT2D eigenvalue weighted by molar-refractivity contribution is 5.30. The summed E-state index contributed by atoms with van der Waals surface area (Å²) >= 11 is 0. The Bertz CT molecular complexity index is 352. The van der Waals surface area contributed by atoms with Gasteiger partial charge in [-0.05, 0) is 51.4 Å². The first-order valence-electron chi connectivity index (χ1n) is 7.25. The molecule has 108 valence electrons. The second-order valence-corrected chi connectivity index (χ2v) is 4.89. The monoisotopic (exact) mass is 265 g/mol. The molecule has 1 atom stereocenters. The fraction of sp³-hybridized carbons (Fsp3) is 0.625. The standard InChI is InChI=1S/C16H27NO2/c1-5-10-17-16(12-19-13(3)4)14-8-7-9-15(11-14)18-6-2/h7-9,11,13,16-17H,5-6,10,12H2,1-4H3. The van der Waals surface area contributed by atoms with Gasteiger partial charge in [0.05, 0.1) is 25.4 Å². The molecule has 3 nitrogen and oxygen atoms in total. The second kappa shape index (κ2) is 8.94. The third-order valence-corrected chi connectivity index (χ3v) is 2.81. The summed E-state index contributed by atoms with van der Waals surface area (Å²) in [6.07, 6.45) is 1.37. The molecule has 3 heteroatoms. The highest BCUT2D eigenvalue weighted by Crippen LogP contribution is 2.20. The van der Waals surface area contributed by atoms with Crippen LogP contribution in [0, 0.1) is 0 Å². The van der Waals surface area contributed by atoms with Crippen LogP contribution in [0.15, 0.2) is 24.3 Å². The Morgan fingerprint density at radius 2 is 2.00 bits per heavy atom. The Morgan fingerprint density at radius 3 is 2.63 bits per heavy atom. The highest BCUT2D eigenvalue weighted by atomic mass is 16.5. The van der Waals surface area contributed by atoms with Crippen LogP contribution >= 0.6 is 0 Å². The first-order chi connectivity index (χ1) is 9.17. The van der Waals surface area contributed by atoms with Gasteiger partial charge in [-0.15, -0.1) is 0 Å². The van der Waals surface area contributed by atoms with E-state index in [2.05, 4.69) is 38.2 Å². The molecule has 1 aromatic carbocycles. The molecule has 0 amide bonds. The van der Waals surface area contributed by atoms with Gasteiger partial charge in [0.15, 0.2) is 0 Å². The zero-order valence-electron chi connectivity index (χ0n) is 12.6. The summed E-state index contributed by atoms with van der Waals surface area (Å²) in [6.45, 7) is 10.7. The number of hydrogen-bond donors (Lipinski definition) is 1. The summed E-state index contributed by atoms with van der Waals surface area (Å²) in [7, 11) is 0. The molecule has 0 aromatic heterocycles. The van der Waals surface area contributed by atoms with E-state index >= 15 is 0 Å². The first-order valence-corrected chi connectivity index (χ1v) is 7.25. The van der Waals surface area contributed by atoms with Gasteiger partial charge in [0.2, 0.25) is 0 Å². The third kappa shape index (κ3) is 6.08. The molecule has 0 saturated heterocycles. The minimum Gasteiger partial charge on any atom is -0.494 e. The SMILES string of the molecule is CCCNC(COC(C)C)c1cccc(OCC)c1. The van der Waals surface area contributed by atoms with Crippen LogP contribution in [0.1, 0.15) is 45.7 Å². The van der Waals surface area contributed by atoms with Crippen molar-refractivity contribution in [2.75, 3.05) is 19.8 Å². The van der Waals surface area contributed by atoms with Crippen LogP contribution in [0.5, 0.6) is 5.75 Å². The lowest BCUT2D eigenvalue weighted by Gasteiger charge is -2.21. The molecule has 19 heavy (non-hydrogen) atoms. The fourth-order valence-corrected chi connectivity index (χ4v) is 1.87. The molecule has 1 N–H and O–H groups in total. The van der Waals surface area contributed by atoms with Crippen LogP contribution in [0.25, 0.3) is 0 Å². The summed E-state index contributed by atoms with van der Waals surface area (Å²) in [6, 6.07) is 8.48. The fourth-order valence-electron chi connectivity index (χ4n) is 1.87. The predicted octanol–water partition coefficient (Wildman–Crippen LogP) is 3.55. The van der Waals surface area contributed by atoms with Crippen molar-refractivity contribution in [2.45, 2.75) is 46.3 Å². The quantitative estimate of drug-likeness (QED) is 0.740. The van der Waals surface area contributed by atoms with Gasteiger partial charge in [0, 0.05) is 0 Å². The van der Waals surface area contributed by atoms with E-state index in [1.165, 1.54) is 5.56 Å². The van der Waals surface area contributed by atoms with E-state index in [9.17, 15) is 0 Å². The van der Waals surface area contributed by atoms with Gasteiger partial charge in [-0.25, -0.2) is 0 Å². The molecule has 0 aliphatic heterocycles. The molecular weight excluding hydrogens is 238 g/mol. The summed E-state index contributed by atoms with van der Waals surface area (Å²) in [5.74, 6) is 0.924. The highest BCUT2D eigenvalue weighted by Gasteiger charge is 2.12. The minimum absolute atomic E-state index is 0.225. The molecule has 0 heterocycles. The van der Waals surface area contributed by atoms with E-state index in [0.717, 1.165) is 18.7 Å². The normalized spacial score (nSPS) is 12.7. The Hall–Kier alpha value is -1.06. The molecular formula is C16H27NO2. The smallest absolute Gasteiger partial charge is 0.119 e. The van der Waals surface area contributed by atoms with E-state index in [4.69, 9.17) is 9.47 Å². The maximum Gasteiger partial charge on any atom is 0.119 e. The molecule has 0 spiro atoms. The average Bonchev–Trinajstić information content (AvgIpc) is 2.39. The summed E-state index contributed by atoms with van der Waals surface area (Å²) in [5.41, 5.74) is 1.22. The molecule has 0 aliphatic rings. The number of rotatable bonds is 9. The minimum atomic E-state index is 0.225. The molecule has 0 aliphatic carbocycles. The molecule has 1 unspecified atom stereocenters. The van der Waals surface area contributed by atoms with E-state index in [1.54, 1.807) is 0 Å². The first kappa shape index (κ1) is 16.0. The van der Waals surface area contributed by atoms with E-state index < -0.39 is 0 Å². The van der Waals surface area contributed by atoms with Crippen LogP contribution in [-0.2, 0) is 4.74 Å². The number of nitrogens with one attached hydrogen (secondary N) is 1. The largest absolute Gasteiger partial charge is 0.494 e. The third-order valence-electron chi connectivity index (χ3n) is 2.81. The maximum atomic E-state index is 5.75. The van der Waals surface area contributed by atoms with Crippen molar-refractivity contribution in [2.24, 2.45) is 0 Å². The summed E-state index contributed by atoms with van der Waals surface area (Å²) in [5, 5.41) is 3.53. The van der Waals surface area contributed by atoms with Crippen molar-refractivity contribution in [1.29, 1.82) is 0 Å². The van der Waals surface area contributed by atoms with Crippen molar-refractivity contribution in [3.05, 3.63) is 29.8 Å². The van der Waals surface area contributed by atoms with E-state index in [0.29, 0.717) is 13.2 Å². The molecule has 0 radical (unpaired) electrons. The molecule has 0 fully saturated rings. The van der Waals surface area contributed by atoms with Crippen LogP contribution < -0.4 is 10.1 Å². The van der Waals surface area contributed by atoms with Crippen molar-refractivity contribution in [3.8, 4) is 5.75 Å². The van der Waals surface area contributed by atoms with Crippen LogP contribution in [-0.4, -0.2) is 25.9 Å². The lowest BCUT2D eigenvalue weighted by Crippen LogP contribution is -2.27. The van der Waals surface area contributed by atoms with Gasteiger partial charge < -0.3 is 14.8 Å². The van der Waals surface area contributed by atoms with Crippen molar-refractivity contribution in [3.63, 3.8) is 0 Å². The van der Waals surface area contributed by atoms with Gasteiger partial charge in [0.25, 0.3) is 0 Å². The number of benzene rings is 1. The van der Waals surface area contributed by atoms with Gasteiger partial charge in [-0.3, -0.25) is 0 Å².